The lowest BCUT2D eigenvalue weighted by Gasteiger charge is -2.71. The summed E-state index contributed by atoms with van der Waals surface area (Å²) in [5.41, 5.74) is -1.11. The predicted molar refractivity (Wildman–Crippen MR) is 116 cm³/mol. The molecule has 6 aliphatic rings. The molecule has 6 rings (SSSR count). The summed E-state index contributed by atoms with van der Waals surface area (Å²) in [6.45, 7) is 4.52. The summed E-state index contributed by atoms with van der Waals surface area (Å²) in [6.07, 6.45) is 2.59. The normalized spacial score (nSPS) is 57.8. The smallest absolute Gasteiger partial charge is 0.166 e. The minimum atomic E-state index is -0.990. The Morgan fingerprint density at radius 2 is 1.94 bits per heavy atom. The number of methoxy groups -OCH3 is 4. The summed E-state index contributed by atoms with van der Waals surface area (Å²) < 4.78 is 24.3. The molecule has 5 saturated carbocycles. The van der Waals surface area contributed by atoms with Crippen molar-refractivity contribution in [3.8, 4) is 0 Å². The third-order valence-electron chi connectivity index (χ3n) is 11.2. The molecule has 0 aromatic rings. The minimum absolute atomic E-state index is 0.00602. The van der Waals surface area contributed by atoms with Gasteiger partial charge in [0.15, 0.2) is 5.78 Å². The first kappa shape index (κ1) is 21.9. The van der Waals surface area contributed by atoms with Crippen LogP contribution in [0.4, 0.5) is 0 Å². The van der Waals surface area contributed by atoms with Crippen LogP contribution in [0.5, 0.6) is 0 Å². The predicted octanol–water partition coefficient (Wildman–Crippen LogP) is 1.36. The number of hydrogen-bond donors (Lipinski definition) is 1. The fourth-order valence-corrected chi connectivity index (χ4v) is 11.0. The van der Waals surface area contributed by atoms with Crippen molar-refractivity contribution in [1.82, 2.24) is 4.90 Å². The highest BCUT2D eigenvalue weighted by molar-refractivity contribution is 5.91. The summed E-state index contributed by atoms with van der Waals surface area (Å²) in [5, 5.41) is 12.0. The van der Waals surface area contributed by atoms with Crippen molar-refractivity contribution in [2.24, 2.45) is 39.9 Å². The van der Waals surface area contributed by atoms with E-state index in [9.17, 15) is 9.90 Å². The second-order valence-electron chi connectivity index (χ2n) is 11.6. The highest BCUT2D eigenvalue weighted by Crippen LogP contribution is 2.81. The standard InChI is InChI=1S/C25H39NO6/c1-6-26-11-23(12-29-2)8-7-16(31-4)25-14-9-13-15(30-3)10-24(22(25)26,17(14)19(13)32-5)21(28)18(27)20(23)25/h13-17,19-22,28H,6-12H2,1-5H3/t13?,14?,15-,16-,17?,19-,20?,21-,22+,23-,24+,25?/m0/s1. The monoisotopic (exact) mass is 449 g/mol. The molecule has 7 nitrogen and oxygen atoms in total. The van der Waals surface area contributed by atoms with Crippen LogP contribution in [0.15, 0.2) is 0 Å². The number of ether oxygens (including phenoxy) is 4. The first-order valence-electron chi connectivity index (χ1n) is 12.5. The molecule has 32 heavy (non-hydrogen) atoms. The maximum atomic E-state index is 14.3. The lowest BCUT2D eigenvalue weighted by molar-refractivity contribution is -0.273. The van der Waals surface area contributed by atoms with E-state index in [1.54, 1.807) is 21.3 Å². The number of likely N-dealkylation sites (tertiary alicyclic amines) is 1. The molecule has 2 spiro atoms. The summed E-state index contributed by atoms with van der Waals surface area (Å²) in [5.74, 6) is 0.548. The van der Waals surface area contributed by atoms with Crippen molar-refractivity contribution in [3.63, 3.8) is 0 Å². The molecular weight excluding hydrogens is 410 g/mol. The van der Waals surface area contributed by atoms with Crippen LogP contribution in [0.1, 0.15) is 32.6 Å². The largest absolute Gasteiger partial charge is 0.385 e. The summed E-state index contributed by atoms with van der Waals surface area (Å²) in [7, 11) is 7.14. The zero-order valence-corrected chi connectivity index (χ0v) is 20.1. The third-order valence-corrected chi connectivity index (χ3v) is 11.2. The van der Waals surface area contributed by atoms with Gasteiger partial charge in [0.05, 0.1) is 24.9 Å². The molecule has 0 aromatic heterocycles. The molecule has 1 N–H and O–H groups in total. The van der Waals surface area contributed by atoms with Crippen molar-refractivity contribution >= 4 is 5.78 Å². The molecule has 5 unspecified atom stereocenters. The maximum Gasteiger partial charge on any atom is 0.166 e. The van der Waals surface area contributed by atoms with E-state index < -0.39 is 11.5 Å². The molecule has 7 bridgehead atoms. The number of aliphatic hydroxyl groups is 1. The fraction of sp³-hybridized carbons (Fsp3) is 0.960. The molecule has 0 radical (unpaired) electrons. The van der Waals surface area contributed by atoms with Crippen molar-refractivity contribution in [2.75, 3.05) is 48.1 Å². The number of carbonyl (C=O) groups excluding carboxylic acids is 1. The number of fused-ring (bicyclic) bond motifs is 1. The molecule has 0 aromatic carbocycles. The van der Waals surface area contributed by atoms with E-state index in [1.165, 1.54) is 0 Å². The Morgan fingerprint density at radius 1 is 1.16 bits per heavy atom. The number of nitrogens with zero attached hydrogens (tertiary/aromatic N) is 1. The molecular formula is C25H39NO6. The first-order valence-corrected chi connectivity index (χ1v) is 12.5. The zero-order valence-electron chi connectivity index (χ0n) is 20.1. The Hall–Kier alpha value is -0.570. The third kappa shape index (κ3) is 2.06. The van der Waals surface area contributed by atoms with Crippen LogP contribution in [0.25, 0.3) is 0 Å². The van der Waals surface area contributed by atoms with Gasteiger partial charge in [0.25, 0.3) is 0 Å². The zero-order chi connectivity index (χ0) is 22.6. The Morgan fingerprint density at radius 3 is 2.56 bits per heavy atom. The number of Topliss-reactive ketones (excluding diaryl/α,β-unsaturated/α-hetero) is 1. The molecule has 7 heteroatoms. The number of ketones is 1. The summed E-state index contributed by atoms with van der Waals surface area (Å²) >= 11 is 0. The SMILES string of the molecule is CCN1C[C@]2(COC)CC[C@H](OC)C34C5CC6[C@H](OC)C5[C@](C[C@@H]6OC)([C@@H](O)C(=O)C32)[C@@H]14. The van der Waals surface area contributed by atoms with E-state index in [0.717, 1.165) is 38.8 Å². The molecule has 0 amide bonds. The Balaban J connectivity index is 1.65. The van der Waals surface area contributed by atoms with E-state index in [0.29, 0.717) is 12.5 Å². The summed E-state index contributed by atoms with van der Waals surface area (Å²) in [4.78, 5) is 16.9. The van der Waals surface area contributed by atoms with Crippen molar-refractivity contribution < 1.29 is 28.8 Å². The van der Waals surface area contributed by atoms with Crippen LogP contribution < -0.4 is 0 Å². The Bertz CT molecular complexity index is 807. The Kier molecular flexibility index (Phi) is 4.79. The van der Waals surface area contributed by atoms with Crippen LogP contribution >= 0.6 is 0 Å². The molecule has 180 valence electrons. The molecule has 5 aliphatic carbocycles. The van der Waals surface area contributed by atoms with E-state index >= 15 is 0 Å². The molecule has 1 heterocycles. The van der Waals surface area contributed by atoms with Gasteiger partial charge in [-0.1, -0.05) is 6.92 Å². The van der Waals surface area contributed by atoms with E-state index in [4.69, 9.17) is 18.9 Å². The van der Waals surface area contributed by atoms with E-state index in [1.807, 2.05) is 7.11 Å². The second kappa shape index (κ2) is 6.98. The van der Waals surface area contributed by atoms with Crippen molar-refractivity contribution in [3.05, 3.63) is 0 Å². The van der Waals surface area contributed by atoms with Gasteiger partial charge in [-0.15, -0.1) is 0 Å². The van der Waals surface area contributed by atoms with Crippen LogP contribution in [0.3, 0.4) is 0 Å². The first-order chi connectivity index (χ1) is 15.4. The molecule has 12 atom stereocenters. The minimum Gasteiger partial charge on any atom is -0.385 e. The van der Waals surface area contributed by atoms with Crippen molar-refractivity contribution in [1.29, 1.82) is 0 Å². The van der Waals surface area contributed by atoms with Gasteiger partial charge in [-0.2, -0.15) is 0 Å². The van der Waals surface area contributed by atoms with E-state index in [-0.39, 0.29) is 58.7 Å². The van der Waals surface area contributed by atoms with Gasteiger partial charge in [0.1, 0.15) is 6.10 Å². The molecule has 1 aliphatic heterocycles. The van der Waals surface area contributed by atoms with Gasteiger partial charge in [-0.25, -0.2) is 0 Å². The molecule has 6 fully saturated rings. The van der Waals surface area contributed by atoms with Crippen LogP contribution in [-0.2, 0) is 23.7 Å². The van der Waals surface area contributed by atoms with Crippen molar-refractivity contribution in [2.45, 2.75) is 63.1 Å². The average molecular weight is 450 g/mol. The van der Waals surface area contributed by atoms with Crippen LogP contribution in [0, 0.1) is 39.9 Å². The fourth-order valence-electron chi connectivity index (χ4n) is 11.0. The number of hydrogen-bond acceptors (Lipinski definition) is 7. The average Bonchev–Trinajstić information content (AvgIpc) is 3.21. The van der Waals surface area contributed by atoms with Crippen LogP contribution in [0.2, 0.25) is 0 Å². The number of piperidine rings is 1. The quantitative estimate of drug-likeness (QED) is 0.656. The highest BCUT2D eigenvalue weighted by Gasteiger charge is 2.88. The Labute approximate surface area is 191 Å². The number of aliphatic hydroxyl groups excluding tert-OH is 1. The van der Waals surface area contributed by atoms with Gasteiger partial charge in [0.2, 0.25) is 0 Å². The lowest BCUT2D eigenvalue weighted by Crippen LogP contribution is -2.81. The molecule has 1 saturated heterocycles. The second-order valence-corrected chi connectivity index (χ2v) is 11.6. The summed E-state index contributed by atoms with van der Waals surface area (Å²) in [6, 6.07) is 0.0967. The van der Waals surface area contributed by atoms with Gasteiger partial charge < -0.3 is 24.1 Å². The van der Waals surface area contributed by atoms with E-state index in [2.05, 4.69) is 11.8 Å². The topological polar surface area (TPSA) is 77.5 Å². The van der Waals surface area contributed by atoms with Gasteiger partial charge in [-0.05, 0) is 44.1 Å². The van der Waals surface area contributed by atoms with Gasteiger partial charge in [-0.3, -0.25) is 9.69 Å². The van der Waals surface area contributed by atoms with Gasteiger partial charge in [0, 0.05) is 69.1 Å². The van der Waals surface area contributed by atoms with Crippen LogP contribution in [-0.4, -0.2) is 94.4 Å². The highest BCUT2D eigenvalue weighted by atomic mass is 16.5. The lowest BCUT2D eigenvalue weighted by atomic mass is 9.40. The van der Waals surface area contributed by atoms with Gasteiger partial charge >= 0.3 is 0 Å². The maximum absolute atomic E-state index is 14.3. The number of carbonyl (C=O) groups is 1. The number of rotatable bonds is 6.